The standard InChI is InChI=1S/C11H8FNO2S2/c1-16-11-13-10(15)9(17-11)4-6-2-3-7(12)5-8(6)14/h2-5,14H,1H3/b9-4-. The van der Waals surface area contributed by atoms with Gasteiger partial charge >= 0.3 is 0 Å². The molecule has 1 aromatic carbocycles. The first-order valence-electron chi connectivity index (χ1n) is 4.65. The number of halogens is 1. The summed E-state index contributed by atoms with van der Waals surface area (Å²) in [5.74, 6) is -1.04. The highest BCUT2D eigenvalue weighted by Crippen LogP contribution is 2.34. The van der Waals surface area contributed by atoms with Crippen molar-refractivity contribution in [3.63, 3.8) is 0 Å². The van der Waals surface area contributed by atoms with E-state index in [9.17, 15) is 14.3 Å². The van der Waals surface area contributed by atoms with E-state index in [2.05, 4.69) is 4.99 Å². The molecular weight excluding hydrogens is 261 g/mol. The summed E-state index contributed by atoms with van der Waals surface area (Å²) >= 11 is 2.63. The maximum absolute atomic E-state index is 12.8. The Hall–Kier alpha value is -1.27. The van der Waals surface area contributed by atoms with Gasteiger partial charge in [0.15, 0.2) is 0 Å². The first-order chi connectivity index (χ1) is 8.10. The molecule has 3 nitrogen and oxygen atoms in total. The van der Waals surface area contributed by atoms with E-state index in [4.69, 9.17) is 0 Å². The minimum atomic E-state index is -0.517. The molecule has 0 spiro atoms. The molecule has 1 aromatic rings. The van der Waals surface area contributed by atoms with E-state index in [0.29, 0.717) is 14.8 Å². The average Bonchev–Trinajstić information content (AvgIpc) is 2.64. The highest BCUT2D eigenvalue weighted by atomic mass is 32.2. The predicted octanol–water partition coefficient (Wildman–Crippen LogP) is 2.86. The molecule has 17 heavy (non-hydrogen) atoms. The zero-order valence-electron chi connectivity index (χ0n) is 8.81. The third-order valence-electron chi connectivity index (χ3n) is 2.05. The number of phenols is 1. The van der Waals surface area contributed by atoms with Crippen LogP contribution in [0.25, 0.3) is 6.08 Å². The molecule has 0 atom stereocenters. The van der Waals surface area contributed by atoms with E-state index < -0.39 is 5.82 Å². The second-order valence-electron chi connectivity index (χ2n) is 3.20. The fraction of sp³-hybridized carbons (Fsp3) is 0.0909. The van der Waals surface area contributed by atoms with Crippen LogP contribution in [-0.4, -0.2) is 21.6 Å². The predicted molar refractivity (Wildman–Crippen MR) is 69.6 cm³/mol. The number of thioether (sulfide) groups is 2. The fourth-order valence-corrected chi connectivity index (χ4v) is 2.67. The Morgan fingerprint density at radius 2 is 2.29 bits per heavy atom. The Balaban J connectivity index is 2.29. The molecule has 0 saturated heterocycles. The number of benzene rings is 1. The second-order valence-corrected chi connectivity index (χ2v) is 5.28. The van der Waals surface area contributed by atoms with E-state index in [1.165, 1.54) is 41.7 Å². The van der Waals surface area contributed by atoms with Crippen molar-refractivity contribution in [3.05, 3.63) is 34.5 Å². The summed E-state index contributed by atoms with van der Waals surface area (Å²) in [6.45, 7) is 0. The second kappa shape index (κ2) is 4.93. The van der Waals surface area contributed by atoms with Crippen LogP contribution in [0.2, 0.25) is 0 Å². The number of nitrogens with zero attached hydrogens (tertiary/aromatic N) is 1. The van der Waals surface area contributed by atoms with Crippen LogP contribution >= 0.6 is 23.5 Å². The van der Waals surface area contributed by atoms with Gasteiger partial charge in [-0.3, -0.25) is 4.79 Å². The molecule has 1 amide bonds. The Morgan fingerprint density at radius 1 is 1.53 bits per heavy atom. The zero-order valence-corrected chi connectivity index (χ0v) is 10.4. The first kappa shape index (κ1) is 12.2. The minimum Gasteiger partial charge on any atom is -0.507 e. The van der Waals surface area contributed by atoms with Gasteiger partial charge in [0.25, 0.3) is 5.91 Å². The monoisotopic (exact) mass is 269 g/mol. The molecule has 0 bridgehead atoms. The van der Waals surface area contributed by atoms with Crippen molar-refractivity contribution in [1.29, 1.82) is 0 Å². The van der Waals surface area contributed by atoms with Gasteiger partial charge in [-0.15, -0.1) is 11.8 Å². The number of rotatable bonds is 1. The summed E-state index contributed by atoms with van der Waals surface area (Å²) in [5.41, 5.74) is 0.403. The number of carbonyl (C=O) groups is 1. The molecule has 2 rings (SSSR count). The minimum absolute atomic E-state index is 0.191. The smallest absolute Gasteiger partial charge is 0.285 e. The van der Waals surface area contributed by atoms with Crippen molar-refractivity contribution in [2.75, 3.05) is 6.26 Å². The number of hydrogen-bond acceptors (Lipinski definition) is 4. The SMILES string of the molecule is CSC1=NC(=O)/C(=C/c2ccc(F)cc2O)S1. The van der Waals surface area contributed by atoms with Crippen LogP contribution in [0.15, 0.2) is 28.1 Å². The Labute approximate surface area is 106 Å². The number of aliphatic imine (C=N–C) groups is 1. The molecule has 0 fully saturated rings. The molecule has 1 aliphatic rings. The number of amides is 1. The Bertz CT molecular complexity index is 540. The molecule has 6 heteroatoms. The summed E-state index contributed by atoms with van der Waals surface area (Å²) < 4.78 is 13.4. The van der Waals surface area contributed by atoms with Gasteiger partial charge in [-0.1, -0.05) is 11.8 Å². The largest absolute Gasteiger partial charge is 0.507 e. The normalized spacial score (nSPS) is 17.6. The average molecular weight is 269 g/mol. The molecule has 1 heterocycles. The molecule has 0 saturated carbocycles. The molecular formula is C11H8FNO2S2. The molecule has 1 N–H and O–H groups in total. The van der Waals surface area contributed by atoms with Gasteiger partial charge in [0.1, 0.15) is 15.9 Å². The summed E-state index contributed by atoms with van der Waals surface area (Å²) in [4.78, 5) is 15.7. The van der Waals surface area contributed by atoms with Crippen molar-refractivity contribution in [2.24, 2.45) is 4.99 Å². The van der Waals surface area contributed by atoms with Crippen LogP contribution in [0, 0.1) is 5.82 Å². The topological polar surface area (TPSA) is 49.7 Å². The lowest BCUT2D eigenvalue weighted by atomic mass is 10.2. The van der Waals surface area contributed by atoms with Gasteiger partial charge in [0, 0.05) is 11.6 Å². The van der Waals surface area contributed by atoms with Crippen molar-refractivity contribution < 1.29 is 14.3 Å². The van der Waals surface area contributed by atoms with E-state index in [0.717, 1.165) is 6.07 Å². The zero-order chi connectivity index (χ0) is 12.4. The highest BCUT2D eigenvalue weighted by molar-refractivity contribution is 8.40. The van der Waals surface area contributed by atoms with Gasteiger partial charge in [0.2, 0.25) is 0 Å². The third-order valence-corrected chi connectivity index (χ3v) is 4.02. The van der Waals surface area contributed by atoms with Gasteiger partial charge in [-0.05, 0) is 24.5 Å². The van der Waals surface area contributed by atoms with E-state index in [1.54, 1.807) is 0 Å². The van der Waals surface area contributed by atoms with Gasteiger partial charge in [-0.2, -0.15) is 4.99 Å². The van der Waals surface area contributed by atoms with Crippen molar-refractivity contribution in [1.82, 2.24) is 0 Å². The molecule has 0 aliphatic carbocycles. The quantitative estimate of drug-likeness (QED) is 0.796. The van der Waals surface area contributed by atoms with Crippen molar-refractivity contribution in [3.8, 4) is 5.75 Å². The lowest BCUT2D eigenvalue weighted by Crippen LogP contribution is -1.88. The van der Waals surface area contributed by atoms with E-state index in [-0.39, 0.29) is 11.7 Å². The molecule has 0 radical (unpaired) electrons. The van der Waals surface area contributed by atoms with E-state index >= 15 is 0 Å². The van der Waals surface area contributed by atoms with Crippen LogP contribution in [0.4, 0.5) is 4.39 Å². The lowest BCUT2D eigenvalue weighted by Gasteiger charge is -2.00. The number of phenolic OH excluding ortho intramolecular Hbond substituents is 1. The first-order valence-corrected chi connectivity index (χ1v) is 6.69. The molecule has 1 aliphatic heterocycles. The summed E-state index contributed by atoms with van der Waals surface area (Å²) in [6, 6.07) is 3.65. The highest BCUT2D eigenvalue weighted by Gasteiger charge is 2.21. The van der Waals surface area contributed by atoms with Crippen LogP contribution in [0.1, 0.15) is 5.56 Å². The molecule has 88 valence electrons. The third kappa shape index (κ3) is 2.70. The molecule has 0 unspecified atom stereocenters. The van der Waals surface area contributed by atoms with Crippen LogP contribution in [0.5, 0.6) is 5.75 Å². The maximum Gasteiger partial charge on any atom is 0.285 e. The Morgan fingerprint density at radius 3 is 2.88 bits per heavy atom. The van der Waals surface area contributed by atoms with Gasteiger partial charge in [-0.25, -0.2) is 4.39 Å². The maximum atomic E-state index is 12.8. The number of hydrogen-bond donors (Lipinski definition) is 1. The summed E-state index contributed by atoms with van der Waals surface area (Å²) in [7, 11) is 0. The van der Waals surface area contributed by atoms with Crippen LogP contribution in [-0.2, 0) is 4.79 Å². The lowest BCUT2D eigenvalue weighted by molar-refractivity contribution is -0.113. The summed E-state index contributed by atoms with van der Waals surface area (Å²) in [5, 5.41) is 9.51. The molecule has 0 aromatic heterocycles. The van der Waals surface area contributed by atoms with Crippen LogP contribution < -0.4 is 0 Å². The Kier molecular flexibility index (Phi) is 3.54. The summed E-state index contributed by atoms with van der Waals surface area (Å²) in [6.07, 6.45) is 3.34. The number of aromatic hydroxyl groups is 1. The van der Waals surface area contributed by atoms with Crippen molar-refractivity contribution in [2.45, 2.75) is 0 Å². The number of carbonyl (C=O) groups excluding carboxylic acids is 1. The van der Waals surface area contributed by atoms with Crippen LogP contribution in [0.3, 0.4) is 0 Å². The van der Waals surface area contributed by atoms with Crippen molar-refractivity contribution >= 4 is 39.9 Å². The van der Waals surface area contributed by atoms with Gasteiger partial charge < -0.3 is 5.11 Å². The fourth-order valence-electron chi connectivity index (χ4n) is 1.26. The van der Waals surface area contributed by atoms with E-state index in [1.807, 2.05) is 6.26 Å². The van der Waals surface area contributed by atoms with Gasteiger partial charge in [0.05, 0.1) is 4.91 Å².